The summed E-state index contributed by atoms with van der Waals surface area (Å²) in [6.07, 6.45) is 6.99. The molecule has 4 rings (SSSR count). The summed E-state index contributed by atoms with van der Waals surface area (Å²) in [4.78, 5) is 0. The molecular weight excluding hydrogens is 551 g/mol. The Morgan fingerprint density at radius 1 is 0.595 bits per heavy atom. The SMILES string of the molecule is CCCCCCOc1ccc(COc2ccc(C3CCC(c4ccc(OCCC)c(F)c4F)CC3)c(F)c2)c(F)c1F. The van der Waals surface area contributed by atoms with Crippen molar-refractivity contribution in [2.75, 3.05) is 13.2 Å². The van der Waals surface area contributed by atoms with Gasteiger partial charge in [0.1, 0.15) is 18.2 Å². The van der Waals surface area contributed by atoms with Crippen LogP contribution in [-0.2, 0) is 6.61 Å². The summed E-state index contributed by atoms with van der Waals surface area (Å²) < 4.78 is 89.6. The van der Waals surface area contributed by atoms with Crippen LogP contribution in [0.3, 0.4) is 0 Å². The maximum absolute atomic E-state index is 15.1. The number of halogens is 5. The highest BCUT2D eigenvalue weighted by molar-refractivity contribution is 5.36. The molecule has 0 bridgehead atoms. The molecule has 0 atom stereocenters. The number of benzene rings is 3. The predicted molar refractivity (Wildman–Crippen MR) is 153 cm³/mol. The number of hydrogen-bond donors (Lipinski definition) is 0. The van der Waals surface area contributed by atoms with Crippen LogP contribution < -0.4 is 14.2 Å². The largest absolute Gasteiger partial charge is 0.490 e. The van der Waals surface area contributed by atoms with E-state index in [1.807, 2.05) is 6.92 Å². The van der Waals surface area contributed by atoms with Crippen LogP contribution in [0.4, 0.5) is 22.0 Å². The Labute approximate surface area is 245 Å². The van der Waals surface area contributed by atoms with Gasteiger partial charge in [0.25, 0.3) is 0 Å². The molecule has 8 heteroatoms. The molecule has 0 heterocycles. The van der Waals surface area contributed by atoms with Crippen LogP contribution in [0.2, 0.25) is 0 Å². The Morgan fingerprint density at radius 3 is 1.88 bits per heavy atom. The van der Waals surface area contributed by atoms with Crippen molar-refractivity contribution in [3.05, 3.63) is 88.2 Å². The normalized spacial score (nSPS) is 16.8. The second-order valence-electron chi connectivity index (χ2n) is 10.9. The average molecular weight is 591 g/mol. The second kappa shape index (κ2) is 15.3. The zero-order valence-electron chi connectivity index (χ0n) is 24.3. The Bertz CT molecular complexity index is 1320. The quantitative estimate of drug-likeness (QED) is 0.138. The lowest BCUT2D eigenvalue weighted by atomic mass is 9.76. The number of rotatable bonds is 14. The van der Waals surface area contributed by atoms with Crippen molar-refractivity contribution in [3.63, 3.8) is 0 Å². The summed E-state index contributed by atoms with van der Waals surface area (Å²) >= 11 is 0. The van der Waals surface area contributed by atoms with Gasteiger partial charge < -0.3 is 14.2 Å². The number of ether oxygens (including phenoxy) is 3. The molecule has 0 unspecified atom stereocenters. The Kier molecular flexibility index (Phi) is 11.5. The summed E-state index contributed by atoms with van der Waals surface area (Å²) in [6.45, 7) is 4.34. The fraction of sp³-hybridized carbons (Fsp3) is 0.471. The summed E-state index contributed by atoms with van der Waals surface area (Å²) in [5, 5.41) is 0. The topological polar surface area (TPSA) is 27.7 Å². The third-order valence-electron chi connectivity index (χ3n) is 7.89. The molecule has 0 saturated heterocycles. The third-order valence-corrected chi connectivity index (χ3v) is 7.89. The fourth-order valence-corrected chi connectivity index (χ4v) is 5.50. The Balaban J connectivity index is 1.32. The van der Waals surface area contributed by atoms with E-state index in [0.717, 1.165) is 25.7 Å². The molecule has 1 saturated carbocycles. The lowest BCUT2D eigenvalue weighted by molar-refractivity contribution is 0.276. The highest BCUT2D eigenvalue weighted by atomic mass is 19.2. The van der Waals surface area contributed by atoms with E-state index in [9.17, 15) is 17.6 Å². The predicted octanol–water partition coefficient (Wildman–Crippen LogP) is 10.2. The van der Waals surface area contributed by atoms with Gasteiger partial charge in [0.05, 0.1) is 13.2 Å². The third kappa shape index (κ3) is 7.75. The maximum Gasteiger partial charge on any atom is 0.201 e. The van der Waals surface area contributed by atoms with Crippen molar-refractivity contribution in [2.45, 2.75) is 90.1 Å². The van der Waals surface area contributed by atoms with E-state index in [4.69, 9.17) is 14.2 Å². The maximum atomic E-state index is 15.1. The average Bonchev–Trinajstić information content (AvgIpc) is 2.99. The molecule has 1 fully saturated rings. The molecular formula is C34H39F5O3. The molecule has 42 heavy (non-hydrogen) atoms. The van der Waals surface area contributed by atoms with Gasteiger partial charge >= 0.3 is 0 Å². The van der Waals surface area contributed by atoms with Gasteiger partial charge in [0, 0.05) is 11.6 Å². The first-order valence-electron chi connectivity index (χ1n) is 15.0. The molecule has 0 N–H and O–H groups in total. The summed E-state index contributed by atoms with van der Waals surface area (Å²) in [5.41, 5.74) is 0.852. The Morgan fingerprint density at radius 2 is 1.21 bits per heavy atom. The first kappa shape index (κ1) is 31.6. The van der Waals surface area contributed by atoms with E-state index < -0.39 is 29.1 Å². The van der Waals surface area contributed by atoms with Crippen molar-refractivity contribution in [2.24, 2.45) is 0 Å². The van der Waals surface area contributed by atoms with Gasteiger partial charge in [0.2, 0.25) is 11.6 Å². The molecule has 3 aromatic carbocycles. The minimum atomic E-state index is -1.06. The Hall–Kier alpha value is -3.29. The van der Waals surface area contributed by atoms with Gasteiger partial charge in [-0.15, -0.1) is 0 Å². The van der Waals surface area contributed by atoms with Crippen LogP contribution in [-0.4, -0.2) is 13.2 Å². The van der Waals surface area contributed by atoms with Gasteiger partial charge in [-0.1, -0.05) is 45.2 Å². The monoisotopic (exact) mass is 590 g/mol. The van der Waals surface area contributed by atoms with E-state index in [0.29, 0.717) is 56.4 Å². The van der Waals surface area contributed by atoms with Crippen molar-refractivity contribution in [1.82, 2.24) is 0 Å². The molecule has 3 nitrogen and oxygen atoms in total. The second-order valence-corrected chi connectivity index (χ2v) is 10.9. The zero-order valence-corrected chi connectivity index (χ0v) is 24.3. The van der Waals surface area contributed by atoms with Crippen LogP contribution in [0.25, 0.3) is 0 Å². The summed E-state index contributed by atoms with van der Waals surface area (Å²) in [7, 11) is 0. The highest BCUT2D eigenvalue weighted by Crippen LogP contribution is 2.43. The van der Waals surface area contributed by atoms with Gasteiger partial charge in [-0.2, -0.15) is 8.78 Å². The molecule has 0 spiro atoms. The molecule has 228 valence electrons. The van der Waals surface area contributed by atoms with Gasteiger partial charge in [-0.3, -0.25) is 0 Å². The van der Waals surface area contributed by atoms with Crippen molar-refractivity contribution in [3.8, 4) is 17.2 Å². The first-order valence-corrected chi connectivity index (χ1v) is 15.0. The smallest absolute Gasteiger partial charge is 0.201 e. The van der Waals surface area contributed by atoms with Gasteiger partial charge in [-0.05, 0) is 85.8 Å². The van der Waals surface area contributed by atoms with E-state index in [-0.39, 0.29) is 41.3 Å². The number of unbranched alkanes of at least 4 members (excludes halogenated alkanes) is 3. The zero-order chi connectivity index (χ0) is 30.1. The number of hydrogen-bond acceptors (Lipinski definition) is 3. The molecule has 0 amide bonds. The van der Waals surface area contributed by atoms with Crippen LogP contribution in [0.5, 0.6) is 17.2 Å². The summed E-state index contributed by atoms with van der Waals surface area (Å²) in [5.74, 6) is -4.65. The van der Waals surface area contributed by atoms with Crippen LogP contribution in [0.1, 0.15) is 100 Å². The van der Waals surface area contributed by atoms with E-state index in [1.165, 1.54) is 24.3 Å². The fourth-order valence-electron chi connectivity index (χ4n) is 5.50. The minimum absolute atomic E-state index is 0.00210. The molecule has 0 aromatic heterocycles. The van der Waals surface area contributed by atoms with Crippen LogP contribution in [0, 0.1) is 29.1 Å². The van der Waals surface area contributed by atoms with Crippen molar-refractivity contribution >= 4 is 0 Å². The van der Waals surface area contributed by atoms with E-state index in [1.54, 1.807) is 18.2 Å². The summed E-state index contributed by atoms with van der Waals surface area (Å²) in [6, 6.07) is 10.3. The van der Waals surface area contributed by atoms with E-state index in [2.05, 4.69) is 6.92 Å². The first-order chi connectivity index (χ1) is 20.3. The molecule has 3 aromatic rings. The standard InChI is InChI=1S/C34H39F5O3/c1-3-5-6-7-19-41-29-16-12-24(31(36)33(29)38)21-42-25-13-14-26(28(35)20-25)22-8-10-23(11-9-22)27-15-17-30(40-18-4-2)34(39)32(27)37/h12-17,20,22-23H,3-11,18-19,21H2,1-2H3. The van der Waals surface area contributed by atoms with Crippen LogP contribution in [0.15, 0.2) is 42.5 Å². The van der Waals surface area contributed by atoms with Crippen LogP contribution >= 0.6 is 0 Å². The van der Waals surface area contributed by atoms with Gasteiger partial charge in [-0.25, -0.2) is 13.2 Å². The van der Waals surface area contributed by atoms with Crippen molar-refractivity contribution < 1.29 is 36.2 Å². The highest BCUT2D eigenvalue weighted by Gasteiger charge is 2.28. The minimum Gasteiger partial charge on any atom is -0.490 e. The van der Waals surface area contributed by atoms with E-state index >= 15 is 4.39 Å². The molecule has 1 aliphatic carbocycles. The van der Waals surface area contributed by atoms with Gasteiger partial charge in [0.15, 0.2) is 23.1 Å². The lowest BCUT2D eigenvalue weighted by Crippen LogP contribution is -2.15. The molecule has 0 radical (unpaired) electrons. The molecule has 0 aliphatic heterocycles. The lowest BCUT2D eigenvalue weighted by Gasteiger charge is -2.29. The van der Waals surface area contributed by atoms with Crippen molar-refractivity contribution in [1.29, 1.82) is 0 Å². The molecule has 1 aliphatic rings.